The summed E-state index contributed by atoms with van der Waals surface area (Å²) < 4.78 is 33.6. The quantitative estimate of drug-likeness (QED) is 0.0210. The molecule has 10 heteroatoms. The minimum absolute atomic E-state index is 0.0427. The lowest BCUT2D eigenvalue weighted by Gasteiger charge is -2.28. The van der Waals surface area contributed by atoms with Gasteiger partial charge < -0.3 is 27.9 Å². The number of carbonyl (C=O) groups excluding carboxylic acids is 2. The van der Waals surface area contributed by atoms with E-state index in [9.17, 15) is 19.0 Å². The van der Waals surface area contributed by atoms with Crippen molar-refractivity contribution in [3.63, 3.8) is 0 Å². The molecule has 0 amide bonds. The molecule has 0 N–H and O–H groups in total. The number of ether oxygens (including phenoxy) is 2. The Kier molecular flexibility index (Phi) is 32.6. The maximum Gasteiger partial charge on any atom is 0.306 e. The Balaban J connectivity index is 4.44. The number of rotatable bonds is 34. The van der Waals surface area contributed by atoms with E-state index in [1.165, 1.54) is 19.3 Å². The first-order chi connectivity index (χ1) is 25.0. The van der Waals surface area contributed by atoms with E-state index in [4.69, 9.17) is 18.5 Å². The fourth-order valence-corrected chi connectivity index (χ4v) is 5.38. The van der Waals surface area contributed by atoms with Gasteiger partial charge in [-0.2, -0.15) is 0 Å². The molecule has 298 valence electrons. The molecular formula is C42H72NO8P. The smallest absolute Gasteiger partial charge is 0.306 e. The first-order valence-electron chi connectivity index (χ1n) is 19.6. The van der Waals surface area contributed by atoms with E-state index in [1.54, 1.807) is 0 Å². The van der Waals surface area contributed by atoms with E-state index in [0.717, 1.165) is 77.0 Å². The maximum absolute atomic E-state index is 12.6. The molecule has 0 aliphatic carbocycles. The molecule has 0 fully saturated rings. The van der Waals surface area contributed by atoms with Gasteiger partial charge in [0.25, 0.3) is 7.82 Å². The third-order valence-electron chi connectivity index (χ3n) is 7.74. The van der Waals surface area contributed by atoms with E-state index >= 15 is 0 Å². The Morgan fingerprint density at radius 2 is 1.10 bits per heavy atom. The van der Waals surface area contributed by atoms with Gasteiger partial charge in [0.1, 0.15) is 19.8 Å². The molecule has 52 heavy (non-hydrogen) atoms. The molecule has 0 saturated carbocycles. The van der Waals surface area contributed by atoms with Crippen LogP contribution in [0.2, 0.25) is 0 Å². The Hall–Kier alpha value is -2.55. The van der Waals surface area contributed by atoms with Gasteiger partial charge in [-0.15, -0.1) is 0 Å². The maximum atomic E-state index is 12.6. The fourth-order valence-electron chi connectivity index (χ4n) is 4.65. The van der Waals surface area contributed by atoms with Gasteiger partial charge in [-0.25, -0.2) is 0 Å². The topological polar surface area (TPSA) is 111 Å². The van der Waals surface area contributed by atoms with Crippen molar-refractivity contribution in [2.45, 2.75) is 136 Å². The zero-order valence-corrected chi connectivity index (χ0v) is 34.1. The van der Waals surface area contributed by atoms with Crippen LogP contribution in [0.1, 0.15) is 129 Å². The summed E-state index contributed by atoms with van der Waals surface area (Å²) in [6.45, 7) is 3.97. The van der Waals surface area contributed by atoms with Crippen LogP contribution in [-0.4, -0.2) is 70.0 Å². The van der Waals surface area contributed by atoms with Crippen LogP contribution in [0.5, 0.6) is 0 Å². The van der Waals surface area contributed by atoms with Crippen molar-refractivity contribution < 1.29 is 42.1 Å². The SMILES string of the molecule is CC/C=C\C/C=C\C/C=C\C/C=C\C/C=C\C/C=C\CCCCC(=O)OC(COC(=O)CCCCCCCCC)COP(=O)([O-])OCC[N+](C)(C)C. The number of likely N-dealkylation sites (N-methyl/N-ethyl adjacent to an activating group) is 1. The molecule has 2 atom stereocenters. The second-order valence-corrected chi connectivity index (χ2v) is 15.3. The van der Waals surface area contributed by atoms with E-state index in [-0.39, 0.29) is 26.1 Å². The highest BCUT2D eigenvalue weighted by Gasteiger charge is 2.21. The number of nitrogens with zero attached hydrogens (tertiary/aromatic N) is 1. The molecule has 0 bridgehead atoms. The fraction of sp³-hybridized carbons (Fsp3) is 0.667. The van der Waals surface area contributed by atoms with Gasteiger partial charge in [0, 0.05) is 12.8 Å². The number of unbranched alkanes of at least 4 members (excludes halogenated alkanes) is 8. The third-order valence-corrected chi connectivity index (χ3v) is 8.71. The Labute approximate surface area is 317 Å². The highest BCUT2D eigenvalue weighted by atomic mass is 31.2. The molecule has 2 unspecified atom stereocenters. The van der Waals surface area contributed by atoms with Crippen LogP contribution in [0.15, 0.2) is 72.9 Å². The van der Waals surface area contributed by atoms with Crippen LogP contribution in [0.3, 0.4) is 0 Å². The molecule has 0 aromatic heterocycles. The van der Waals surface area contributed by atoms with Crippen molar-refractivity contribution >= 4 is 19.8 Å². The van der Waals surface area contributed by atoms with Crippen LogP contribution in [0.4, 0.5) is 0 Å². The third kappa shape index (κ3) is 37.2. The van der Waals surface area contributed by atoms with Crippen molar-refractivity contribution in [1.29, 1.82) is 0 Å². The van der Waals surface area contributed by atoms with Gasteiger partial charge in [0.15, 0.2) is 6.10 Å². The lowest BCUT2D eigenvalue weighted by atomic mass is 10.1. The van der Waals surface area contributed by atoms with E-state index in [0.29, 0.717) is 17.4 Å². The highest BCUT2D eigenvalue weighted by Crippen LogP contribution is 2.38. The summed E-state index contributed by atoms with van der Waals surface area (Å²) in [5, 5.41) is 0. The number of phosphoric ester groups is 1. The summed E-state index contributed by atoms with van der Waals surface area (Å²) in [6.07, 6.45) is 41.0. The van der Waals surface area contributed by atoms with E-state index in [2.05, 4.69) is 86.8 Å². The van der Waals surface area contributed by atoms with Crippen LogP contribution in [0.25, 0.3) is 0 Å². The lowest BCUT2D eigenvalue weighted by molar-refractivity contribution is -0.870. The Bertz CT molecular complexity index is 1120. The summed E-state index contributed by atoms with van der Waals surface area (Å²) >= 11 is 0. The molecular weight excluding hydrogens is 677 g/mol. The van der Waals surface area contributed by atoms with Crippen LogP contribution >= 0.6 is 7.82 Å². The molecule has 0 aliphatic heterocycles. The second-order valence-electron chi connectivity index (χ2n) is 13.9. The number of hydrogen-bond acceptors (Lipinski definition) is 8. The molecule has 0 radical (unpaired) electrons. The molecule has 0 aliphatic rings. The average molecular weight is 750 g/mol. The minimum Gasteiger partial charge on any atom is -0.756 e. The number of carbonyl (C=O) groups is 2. The summed E-state index contributed by atoms with van der Waals surface area (Å²) in [5.41, 5.74) is 0. The summed E-state index contributed by atoms with van der Waals surface area (Å²) in [7, 11) is 1.12. The first-order valence-corrected chi connectivity index (χ1v) is 21.1. The zero-order chi connectivity index (χ0) is 38.6. The zero-order valence-electron chi connectivity index (χ0n) is 33.2. The molecule has 0 aromatic carbocycles. The lowest BCUT2D eigenvalue weighted by Crippen LogP contribution is -2.37. The summed E-state index contributed by atoms with van der Waals surface area (Å²) in [4.78, 5) is 37.2. The summed E-state index contributed by atoms with van der Waals surface area (Å²) in [6, 6.07) is 0. The monoisotopic (exact) mass is 749 g/mol. The van der Waals surface area contributed by atoms with Gasteiger partial charge in [0.2, 0.25) is 0 Å². The summed E-state index contributed by atoms with van der Waals surface area (Å²) in [5.74, 6) is -0.901. The van der Waals surface area contributed by atoms with Crippen molar-refractivity contribution in [3.8, 4) is 0 Å². The number of hydrogen-bond donors (Lipinski definition) is 0. The van der Waals surface area contributed by atoms with Gasteiger partial charge in [-0.3, -0.25) is 14.2 Å². The van der Waals surface area contributed by atoms with E-state index in [1.807, 2.05) is 21.1 Å². The standard InChI is InChI=1S/C42H72NO8P/c1-6-8-10-12-14-15-16-17-18-19-20-21-22-23-24-25-26-27-29-31-33-35-42(45)51-40(39-50-52(46,47)49-37-36-43(3,4)5)38-48-41(44)34-32-30-28-13-11-9-7-2/h8,10,14-15,17-18,20-21,23-24,26-27,40H,6-7,9,11-13,16,19,22,25,28-39H2,1-5H3/b10-8-,15-14-,18-17-,21-20-,24-23-,27-26-. The number of phosphoric acid groups is 1. The number of esters is 2. The van der Waals surface area contributed by atoms with Crippen molar-refractivity contribution in [1.82, 2.24) is 0 Å². The number of allylic oxidation sites excluding steroid dienone is 12. The molecule has 0 heterocycles. The molecule has 9 nitrogen and oxygen atoms in total. The van der Waals surface area contributed by atoms with Crippen molar-refractivity contribution in [3.05, 3.63) is 72.9 Å². The normalized spacial score (nSPS) is 14.5. The average Bonchev–Trinajstić information content (AvgIpc) is 3.09. The van der Waals surface area contributed by atoms with Gasteiger partial charge in [-0.1, -0.05) is 125 Å². The molecule has 0 rings (SSSR count). The van der Waals surface area contributed by atoms with Gasteiger partial charge in [-0.05, 0) is 64.2 Å². The molecule has 0 saturated heterocycles. The number of quaternary nitrogens is 1. The second kappa shape index (κ2) is 34.2. The van der Waals surface area contributed by atoms with Crippen LogP contribution in [0, 0.1) is 0 Å². The predicted molar refractivity (Wildman–Crippen MR) is 213 cm³/mol. The van der Waals surface area contributed by atoms with E-state index < -0.39 is 32.5 Å². The predicted octanol–water partition coefficient (Wildman–Crippen LogP) is 10.0. The van der Waals surface area contributed by atoms with Crippen LogP contribution < -0.4 is 4.89 Å². The van der Waals surface area contributed by atoms with Crippen molar-refractivity contribution in [2.75, 3.05) is 47.5 Å². The Morgan fingerprint density at radius 1 is 0.615 bits per heavy atom. The minimum atomic E-state index is -4.63. The first kappa shape index (κ1) is 49.5. The molecule has 0 spiro atoms. The largest absolute Gasteiger partial charge is 0.756 e. The van der Waals surface area contributed by atoms with Crippen LogP contribution in [-0.2, 0) is 32.7 Å². The van der Waals surface area contributed by atoms with Gasteiger partial charge in [0.05, 0.1) is 27.7 Å². The highest BCUT2D eigenvalue weighted by molar-refractivity contribution is 7.45. The van der Waals surface area contributed by atoms with Gasteiger partial charge >= 0.3 is 11.9 Å². The van der Waals surface area contributed by atoms with Crippen molar-refractivity contribution in [2.24, 2.45) is 0 Å². The Morgan fingerprint density at radius 3 is 1.63 bits per heavy atom. The molecule has 0 aromatic rings.